The van der Waals surface area contributed by atoms with Crippen LogP contribution in [0.15, 0.2) is 36.4 Å². The van der Waals surface area contributed by atoms with Crippen LogP contribution in [0, 0.1) is 0 Å². The van der Waals surface area contributed by atoms with Crippen molar-refractivity contribution in [3.63, 3.8) is 0 Å². The summed E-state index contributed by atoms with van der Waals surface area (Å²) in [6.45, 7) is 5.57. The summed E-state index contributed by atoms with van der Waals surface area (Å²) >= 11 is 0. The highest BCUT2D eigenvalue weighted by molar-refractivity contribution is 5.89. The molecule has 2 N–H and O–H groups in total. The molecule has 8 heteroatoms. The smallest absolute Gasteiger partial charge is 0.321 e. The summed E-state index contributed by atoms with van der Waals surface area (Å²) in [7, 11) is 1.62. The number of hydrogen-bond donors (Lipinski definition) is 2. The van der Waals surface area contributed by atoms with E-state index < -0.39 is 0 Å². The number of nitrogens with zero attached hydrogens (tertiary/aromatic N) is 4. The van der Waals surface area contributed by atoms with Crippen LogP contribution in [-0.2, 0) is 0 Å². The van der Waals surface area contributed by atoms with E-state index in [1.54, 1.807) is 12.0 Å². The second-order valence-electron chi connectivity index (χ2n) is 5.94. The molecule has 0 radical (unpaired) electrons. The molecule has 8 nitrogen and oxygen atoms in total. The Morgan fingerprint density at radius 2 is 1.81 bits per heavy atom. The molecule has 1 fully saturated rings. The van der Waals surface area contributed by atoms with Crippen molar-refractivity contribution in [2.75, 3.05) is 55.4 Å². The van der Waals surface area contributed by atoms with E-state index in [-0.39, 0.29) is 6.03 Å². The molecule has 2 amide bonds. The largest absolute Gasteiger partial charge is 0.497 e. The molecule has 0 saturated carbocycles. The van der Waals surface area contributed by atoms with Gasteiger partial charge in [-0.15, -0.1) is 10.2 Å². The maximum Gasteiger partial charge on any atom is 0.321 e. The number of carbonyl (C=O) groups is 1. The molecule has 3 rings (SSSR count). The SMILES string of the molecule is CCNc1ccc(N2CCN(C(=O)Nc3ccc(OC)cc3)CC2)nn1. The monoisotopic (exact) mass is 356 g/mol. The number of anilines is 3. The molecule has 0 spiro atoms. The number of piperazine rings is 1. The van der Waals surface area contributed by atoms with Gasteiger partial charge in [0.1, 0.15) is 11.6 Å². The molecule has 138 valence electrons. The van der Waals surface area contributed by atoms with Crippen LogP contribution in [-0.4, -0.2) is 61.0 Å². The molecule has 1 saturated heterocycles. The van der Waals surface area contributed by atoms with Gasteiger partial charge in [-0.25, -0.2) is 4.79 Å². The fourth-order valence-electron chi connectivity index (χ4n) is 2.78. The Morgan fingerprint density at radius 1 is 1.08 bits per heavy atom. The first-order valence-electron chi connectivity index (χ1n) is 8.72. The van der Waals surface area contributed by atoms with Gasteiger partial charge in [-0.05, 0) is 43.3 Å². The number of urea groups is 1. The third-order valence-corrected chi connectivity index (χ3v) is 4.24. The summed E-state index contributed by atoms with van der Waals surface area (Å²) in [6.07, 6.45) is 0. The maximum absolute atomic E-state index is 12.4. The number of ether oxygens (including phenoxy) is 1. The molecule has 1 aromatic carbocycles. The van der Waals surface area contributed by atoms with Crippen LogP contribution in [0.1, 0.15) is 6.92 Å². The molecule has 26 heavy (non-hydrogen) atoms. The fourth-order valence-corrected chi connectivity index (χ4v) is 2.78. The zero-order chi connectivity index (χ0) is 18.4. The highest BCUT2D eigenvalue weighted by Crippen LogP contribution is 2.17. The third kappa shape index (κ3) is 4.33. The normalized spacial score (nSPS) is 14.1. The summed E-state index contributed by atoms with van der Waals surface area (Å²) in [5, 5.41) is 14.5. The lowest BCUT2D eigenvalue weighted by Crippen LogP contribution is -2.50. The van der Waals surface area contributed by atoms with Crippen molar-refractivity contribution in [3.05, 3.63) is 36.4 Å². The summed E-state index contributed by atoms with van der Waals surface area (Å²) in [5.74, 6) is 2.37. The van der Waals surface area contributed by atoms with Gasteiger partial charge in [-0.2, -0.15) is 0 Å². The number of rotatable bonds is 5. The first-order chi connectivity index (χ1) is 12.7. The van der Waals surface area contributed by atoms with Crippen molar-refractivity contribution < 1.29 is 9.53 Å². The Kier molecular flexibility index (Phi) is 5.73. The maximum atomic E-state index is 12.4. The van der Waals surface area contributed by atoms with Gasteiger partial charge in [0.25, 0.3) is 0 Å². The third-order valence-electron chi connectivity index (χ3n) is 4.24. The molecule has 1 aromatic heterocycles. The predicted molar refractivity (Wildman–Crippen MR) is 102 cm³/mol. The Morgan fingerprint density at radius 3 is 2.38 bits per heavy atom. The van der Waals surface area contributed by atoms with Gasteiger partial charge in [0.2, 0.25) is 0 Å². The number of aromatic nitrogens is 2. The molecular weight excluding hydrogens is 332 g/mol. The van der Waals surface area contributed by atoms with Crippen molar-refractivity contribution in [3.8, 4) is 5.75 Å². The summed E-state index contributed by atoms with van der Waals surface area (Å²) in [5.41, 5.74) is 0.753. The Balaban J connectivity index is 1.51. The molecule has 1 aliphatic heterocycles. The average Bonchev–Trinajstić information content (AvgIpc) is 2.69. The summed E-state index contributed by atoms with van der Waals surface area (Å²) < 4.78 is 5.12. The summed E-state index contributed by atoms with van der Waals surface area (Å²) in [6, 6.07) is 11.1. The predicted octanol–water partition coefficient (Wildman–Crippen LogP) is 2.27. The van der Waals surface area contributed by atoms with Crippen molar-refractivity contribution in [2.45, 2.75) is 6.92 Å². The fraction of sp³-hybridized carbons (Fsp3) is 0.389. The second-order valence-corrected chi connectivity index (χ2v) is 5.94. The zero-order valence-corrected chi connectivity index (χ0v) is 15.1. The van der Waals surface area contributed by atoms with Crippen molar-refractivity contribution in [1.29, 1.82) is 0 Å². The van der Waals surface area contributed by atoms with Gasteiger partial charge < -0.3 is 25.2 Å². The van der Waals surface area contributed by atoms with E-state index in [2.05, 4.69) is 25.7 Å². The van der Waals surface area contributed by atoms with Crippen molar-refractivity contribution in [1.82, 2.24) is 15.1 Å². The Bertz CT molecular complexity index is 711. The lowest BCUT2D eigenvalue weighted by atomic mass is 10.3. The van der Waals surface area contributed by atoms with E-state index in [1.165, 1.54) is 0 Å². The molecule has 0 bridgehead atoms. The number of carbonyl (C=O) groups excluding carboxylic acids is 1. The quantitative estimate of drug-likeness (QED) is 0.855. The van der Waals surface area contributed by atoms with Crippen LogP contribution < -0.4 is 20.3 Å². The first kappa shape index (κ1) is 17.8. The van der Waals surface area contributed by atoms with E-state index in [1.807, 2.05) is 43.3 Å². The molecule has 0 unspecified atom stereocenters. The van der Waals surface area contributed by atoms with Crippen LogP contribution in [0.4, 0.5) is 22.1 Å². The first-order valence-corrected chi connectivity index (χ1v) is 8.72. The van der Waals surface area contributed by atoms with E-state index in [4.69, 9.17) is 4.74 Å². The highest BCUT2D eigenvalue weighted by atomic mass is 16.5. The van der Waals surface area contributed by atoms with Crippen LogP contribution in [0.2, 0.25) is 0 Å². The van der Waals surface area contributed by atoms with Gasteiger partial charge >= 0.3 is 6.03 Å². The van der Waals surface area contributed by atoms with E-state index >= 15 is 0 Å². The highest BCUT2D eigenvalue weighted by Gasteiger charge is 2.22. The number of benzene rings is 1. The number of hydrogen-bond acceptors (Lipinski definition) is 6. The van der Waals surface area contributed by atoms with Gasteiger partial charge in [0.15, 0.2) is 5.82 Å². The Hall–Kier alpha value is -3.03. The minimum atomic E-state index is -0.0941. The minimum absolute atomic E-state index is 0.0941. The van der Waals surface area contributed by atoms with E-state index in [0.717, 1.165) is 42.7 Å². The number of methoxy groups -OCH3 is 1. The van der Waals surface area contributed by atoms with Crippen molar-refractivity contribution in [2.24, 2.45) is 0 Å². The van der Waals surface area contributed by atoms with Gasteiger partial charge in [-0.1, -0.05) is 0 Å². The molecule has 2 aromatic rings. The zero-order valence-electron chi connectivity index (χ0n) is 15.1. The summed E-state index contributed by atoms with van der Waals surface area (Å²) in [4.78, 5) is 16.4. The number of amides is 2. The minimum Gasteiger partial charge on any atom is -0.497 e. The van der Waals surface area contributed by atoms with Crippen LogP contribution in [0.3, 0.4) is 0 Å². The van der Waals surface area contributed by atoms with Crippen LogP contribution in [0.25, 0.3) is 0 Å². The lowest BCUT2D eigenvalue weighted by molar-refractivity contribution is 0.208. The molecule has 2 heterocycles. The topological polar surface area (TPSA) is 82.6 Å². The standard InChI is InChI=1S/C18H24N6O2/c1-3-19-16-8-9-17(22-21-16)23-10-12-24(13-11-23)18(25)20-14-4-6-15(26-2)7-5-14/h4-9H,3,10-13H2,1-2H3,(H,19,21)(H,20,25). The molecule has 0 aliphatic carbocycles. The van der Waals surface area contributed by atoms with Crippen LogP contribution >= 0.6 is 0 Å². The van der Waals surface area contributed by atoms with Gasteiger partial charge in [-0.3, -0.25) is 0 Å². The van der Waals surface area contributed by atoms with Gasteiger partial charge in [0.05, 0.1) is 7.11 Å². The average molecular weight is 356 g/mol. The molecule has 0 atom stereocenters. The van der Waals surface area contributed by atoms with Crippen LogP contribution in [0.5, 0.6) is 5.75 Å². The van der Waals surface area contributed by atoms with Crippen molar-refractivity contribution >= 4 is 23.4 Å². The lowest BCUT2D eigenvalue weighted by Gasteiger charge is -2.35. The number of nitrogens with one attached hydrogen (secondary N) is 2. The molecular formula is C18H24N6O2. The van der Waals surface area contributed by atoms with E-state index in [0.29, 0.717) is 13.1 Å². The second kappa shape index (κ2) is 8.37. The Labute approximate surface area is 153 Å². The van der Waals surface area contributed by atoms with Gasteiger partial charge in [0, 0.05) is 38.4 Å². The van der Waals surface area contributed by atoms with E-state index in [9.17, 15) is 4.79 Å². The molecule has 1 aliphatic rings.